The summed E-state index contributed by atoms with van der Waals surface area (Å²) in [5, 5.41) is 0. The van der Waals surface area contributed by atoms with Gasteiger partial charge in [-0.3, -0.25) is 4.79 Å². The second-order valence-electron chi connectivity index (χ2n) is 5.01. The fraction of sp³-hybridized carbons (Fsp3) is 0.312. The maximum Gasteiger partial charge on any atom is 0.263 e. The van der Waals surface area contributed by atoms with E-state index in [0.29, 0.717) is 11.3 Å². The Morgan fingerprint density at radius 1 is 1.15 bits per heavy atom. The van der Waals surface area contributed by atoms with Gasteiger partial charge in [-0.15, -0.1) is 0 Å². The van der Waals surface area contributed by atoms with Crippen LogP contribution in [0.25, 0.3) is 0 Å². The van der Waals surface area contributed by atoms with Crippen LogP contribution in [-0.4, -0.2) is 11.9 Å². The molecule has 1 aromatic heterocycles. The molecule has 0 saturated heterocycles. The lowest BCUT2D eigenvalue weighted by atomic mass is 10.1. The average molecular weight is 336 g/mol. The van der Waals surface area contributed by atoms with Crippen molar-refractivity contribution in [3.63, 3.8) is 0 Å². The number of amides is 1. The maximum absolute atomic E-state index is 12.9. The zero-order chi connectivity index (χ0) is 14.9. The van der Waals surface area contributed by atoms with Gasteiger partial charge < -0.3 is 9.32 Å². The van der Waals surface area contributed by atoms with Gasteiger partial charge in [0.05, 0.1) is 10.0 Å². The van der Waals surface area contributed by atoms with Gasteiger partial charge in [0.1, 0.15) is 11.5 Å². The predicted octanol–water partition coefficient (Wildman–Crippen LogP) is 4.71. The van der Waals surface area contributed by atoms with E-state index < -0.39 is 0 Å². The van der Waals surface area contributed by atoms with Crippen molar-refractivity contribution in [3.8, 4) is 0 Å². The first-order chi connectivity index (χ1) is 9.43. The van der Waals surface area contributed by atoms with E-state index in [1.54, 1.807) is 4.90 Å². The van der Waals surface area contributed by atoms with Crippen LogP contribution in [0, 0.1) is 13.8 Å². The molecule has 0 atom stereocenters. The number of aryl methyl sites for hydroxylation is 2. The standard InChI is InChI=1S/C16H18BrNO2/c1-10(2)18(13-8-6-5-7-9-13)16(19)14-11(3)20-12(4)15(14)17/h5-10H,1-4H3. The minimum atomic E-state index is -0.0487. The Morgan fingerprint density at radius 3 is 2.20 bits per heavy atom. The molecule has 0 unspecified atom stereocenters. The zero-order valence-corrected chi connectivity index (χ0v) is 13.7. The van der Waals surface area contributed by atoms with Crippen molar-refractivity contribution in [1.82, 2.24) is 0 Å². The lowest BCUT2D eigenvalue weighted by molar-refractivity contribution is 0.0978. The third kappa shape index (κ3) is 2.66. The lowest BCUT2D eigenvalue weighted by Gasteiger charge is -2.27. The van der Waals surface area contributed by atoms with Gasteiger partial charge in [-0.2, -0.15) is 0 Å². The van der Waals surface area contributed by atoms with Crippen LogP contribution in [0.5, 0.6) is 0 Å². The van der Waals surface area contributed by atoms with E-state index in [4.69, 9.17) is 4.42 Å². The third-order valence-corrected chi connectivity index (χ3v) is 4.13. The average Bonchev–Trinajstić information content (AvgIpc) is 2.64. The van der Waals surface area contributed by atoms with Crippen LogP contribution in [0.4, 0.5) is 5.69 Å². The summed E-state index contributed by atoms with van der Waals surface area (Å²) in [5.41, 5.74) is 1.48. The van der Waals surface area contributed by atoms with Crippen LogP contribution in [0.2, 0.25) is 0 Å². The van der Waals surface area contributed by atoms with E-state index in [1.807, 2.05) is 58.0 Å². The number of benzene rings is 1. The number of hydrogen-bond acceptors (Lipinski definition) is 2. The monoisotopic (exact) mass is 335 g/mol. The first kappa shape index (κ1) is 14.9. The van der Waals surface area contributed by atoms with Crippen molar-refractivity contribution in [2.75, 3.05) is 4.90 Å². The highest BCUT2D eigenvalue weighted by Gasteiger charge is 2.27. The van der Waals surface area contributed by atoms with Gasteiger partial charge in [-0.25, -0.2) is 0 Å². The molecule has 0 aliphatic rings. The van der Waals surface area contributed by atoms with Gasteiger partial charge in [0.2, 0.25) is 0 Å². The van der Waals surface area contributed by atoms with E-state index in [-0.39, 0.29) is 11.9 Å². The second-order valence-corrected chi connectivity index (χ2v) is 5.80. The van der Waals surface area contributed by atoms with Crippen molar-refractivity contribution in [3.05, 3.63) is 51.9 Å². The molecular weight excluding hydrogens is 318 g/mol. The quantitative estimate of drug-likeness (QED) is 0.813. The highest BCUT2D eigenvalue weighted by Crippen LogP contribution is 2.30. The molecule has 0 fully saturated rings. The molecule has 2 aromatic rings. The highest BCUT2D eigenvalue weighted by atomic mass is 79.9. The lowest BCUT2D eigenvalue weighted by Crippen LogP contribution is -2.37. The molecule has 1 aromatic carbocycles. The molecule has 0 spiro atoms. The van der Waals surface area contributed by atoms with Gasteiger partial charge in [0.25, 0.3) is 5.91 Å². The molecule has 0 aliphatic heterocycles. The number of rotatable bonds is 3. The minimum absolute atomic E-state index is 0.0487. The number of nitrogens with zero attached hydrogens (tertiary/aromatic N) is 1. The van der Waals surface area contributed by atoms with Gasteiger partial charge in [0, 0.05) is 11.7 Å². The Balaban J connectivity index is 2.48. The summed E-state index contributed by atoms with van der Waals surface area (Å²) in [6, 6.07) is 9.74. The molecule has 1 amide bonds. The molecule has 0 bridgehead atoms. The van der Waals surface area contributed by atoms with E-state index in [9.17, 15) is 4.79 Å². The SMILES string of the molecule is Cc1oc(C)c(C(=O)N(c2ccccc2)C(C)C)c1Br. The van der Waals surface area contributed by atoms with Gasteiger partial charge in [-0.05, 0) is 55.8 Å². The summed E-state index contributed by atoms with van der Waals surface area (Å²) in [7, 11) is 0. The highest BCUT2D eigenvalue weighted by molar-refractivity contribution is 9.10. The van der Waals surface area contributed by atoms with Crippen LogP contribution < -0.4 is 4.90 Å². The van der Waals surface area contributed by atoms with Crippen LogP contribution >= 0.6 is 15.9 Å². The topological polar surface area (TPSA) is 33.5 Å². The molecule has 1 heterocycles. The molecule has 106 valence electrons. The molecule has 0 N–H and O–H groups in total. The predicted molar refractivity (Wildman–Crippen MR) is 84.3 cm³/mol. The molecule has 4 heteroatoms. The number of furan rings is 1. The van der Waals surface area contributed by atoms with Gasteiger partial charge in [-0.1, -0.05) is 18.2 Å². The van der Waals surface area contributed by atoms with E-state index in [2.05, 4.69) is 15.9 Å². The zero-order valence-electron chi connectivity index (χ0n) is 12.1. The normalized spacial score (nSPS) is 10.9. The fourth-order valence-corrected chi connectivity index (χ4v) is 2.79. The number of carbonyl (C=O) groups excluding carboxylic acids is 1. The van der Waals surface area contributed by atoms with Gasteiger partial charge in [0.15, 0.2) is 0 Å². The summed E-state index contributed by atoms with van der Waals surface area (Å²) in [4.78, 5) is 14.7. The summed E-state index contributed by atoms with van der Waals surface area (Å²) in [6.45, 7) is 7.66. The van der Waals surface area contributed by atoms with E-state index >= 15 is 0 Å². The fourth-order valence-electron chi connectivity index (χ4n) is 2.26. The maximum atomic E-state index is 12.9. The Hall–Kier alpha value is -1.55. The van der Waals surface area contributed by atoms with Crippen molar-refractivity contribution in [2.45, 2.75) is 33.7 Å². The number of carbonyl (C=O) groups is 1. The smallest absolute Gasteiger partial charge is 0.263 e. The minimum Gasteiger partial charge on any atom is -0.465 e. The Labute approximate surface area is 127 Å². The first-order valence-corrected chi connectivity index (χ1v) is 7.37. The summed E-state index contributed by atoms with van der Waals surface area (Å²) < 4.78 is 6.28. The number of anilines is 1. The molecule has 2 rings (SSSR count). The summed E-state index contributed by atoms with van der Waals surface area (Å²) in [5.74, 6) is 1.32. The van der Waals surface area contributed by atoms with Crippen molar-refractivity contribution in [1.29, 1.82) is 0 Å². The molecule has 3 nitrogen and oxygen atoms in total. The number of halogens is 1. The van der Waals surface area contributed by atoms with Crippen LogP contribution in [-0.2, 0) is 0 Å². The van der Waals surface area contributed by atoms with Crippen LogP contribution in [0.15, 0.2) is 39.2 Å². The van der Waals surface area contributed by atoms with Crippen LogP contribution in [0.3, 0.4) is 0 Å². The largest absolute Gasteiger partial charge is 0.465 e. The molecular formula is C16H18BrNO2. The molecule has 20 heavy (non-hydrogen) atoms. The second kappa shape index (κ2) is 5.83. The summed E-state index contributed by atoms with van der Waals surface area (Å²) >= 11 is 3.45. The Kier molecular flexibility index (Phi) is 4.33. The Bertz CT molecular complexity index is 617. The van der Waals surface area contributed by atoms with E-state index in [1.165, 1.54) is 0 Å². The molecule has 0 aliphatic carbocycles. The van der Waals surface area contributed by atoms with Gasteiger partial charge >= 0.3 is 0 Å². The molecule has 0 saturated carbocycles. The van der Waals surface area contributed by atoms with Crippen molar-refractivity contribution in [2.24, 2.45) is 0 Å². The van der Waals surface area contributed by atoms with Crippen molar-refractivity contribution < 1.29 is 9.21 Å². The number of para-hydroxylation sites is 1. The van der Waals surface area contributed by atoms with E-state index in [0.717, 1.165) is 15.9 Å². The van der Waals surface area contributed by atoms with Crippen LogP contribution in [0.1, 0.15) is 35.7 Å². The number of hydrogen-bond donors (Lipinski definition) is 0. The third-order valence-electron chi connectivity index (χ3n) is 3.17. The Morgan fingerprint density at radius 2 is 1.75 bits per heavy atom. The van der Waals surface area contributed by atoms with Crippen molar-refractivity contribution >= 4 is 27.5 Å². The first-order valence-electron chi connectivity index (χ1n) is 6.57. The summed E-state index contributed by atoms with van der Waals surface area (Å²) in [6.07, 6.45) is 0. The molecule has 0 radical (unpaired) electrons.